The number of carbonyl (C=O) groups is 4. The Morgan fingerprint density at radius 3 is 2.59 bits per heavy atom. The number of carbonyl (C=O) groups excluding carboxylic acids is 4. The molecule has 1 saturated carbocycles. The molecule has 0 aromatic heterocycles. The van der Waals surface area contributed by atoms with Gasteiger partial charge in [0.2, 0.25) is 11.7 Å². The van der Waals surface area contributed by atoms with Gasteiger partial charge in [-0.25, -0.2) is 4.39 Å². The van der Waals surface area contributed by atoms with E-state index in [4.69, 9.17) is 10.5 Å². The highest BCUT2D eigenvalue weighted by molar-refractivity contribution is 6.22. The van der Waals surface area contributed by atoms with Crippen molar-refractivity contribution in [3.63, 3.8) is 0 Å². The molecule has 2 amide bonds. The number of aliphatic hydroxyl groups excluding tert-OH is 2. The van der Waals surface area contributed by atoms with E-state index in [0.717, 1.165) is 6.07 Å². The van der Waals surface area contributed by atoms with Crippen LogP contribution in [0.15, 0.2) is 23.0 Å². The first kappa shape index (κ1) is 26.3. The average molecular weight is 519 g/mol. The van der Waals surface area contributed by atoms with Crippen molar-refractivity contribution in [3.05, 3.63) is 39.9 Å². The fourth-order valence-corrected chi connectivity index (χ4v) is 5.31. The van der Waals surface area contributed by atoms with Gasteiger partial charge in [-0.05, 0) is 18.8 Å². The molecule has 0 saturated heterocycles. The lowest BCUT2D eigenvalue weighted by molar-refractivity contribution is -0.147. The third kappa shape index (κ3) is 4.14. The number of hydrogen-bond acceptors (Lipinski definition) is 10. The Morgan fingerprint density at radius 2 is 1.95 bits per heavy atom. The summed E-state index contributed by atoms with van der Waals surface area (Å²) < 4.78 is 20.0. The lowest BCUT2D eigenvalue weighted by Crippen LogP contribution is -2.58. The second-order valence-electron chi connectivity index (χ2n) is 9.23. The number of amides is 2. The van der Waals surface area contributed by atoms with Crippen LogP contribution in [0.3, 0.4) is 0 Å². The topological polar surface area (TPSA) is 209 Å². The second-order valence-corrected chi connectivity index (χ2v) is 9.23. The summed E-state index contributed by atoms with van der Waals surface area (Å²) in [6, 6.07) is 0.887. The van der Waals surface area contributed by atoms with E-state index in [-0.39, 0.29) is 30.6 Å². The molecule has 0 radical (unpaired) electrons. The van der Waals surface area contributed by atoms with E-state index in [1.54, 1.807) is 0 Å². The molecule has 0 bridgehead atoms. The van der Waals surface area contributed by atoms with Gasteiger partial charge in [0.1, 0.15) is 22.9 Å². The molecule has 8 N–H and O–H groups in total. The molecule has 1 fully saturated rings. The van der Waals surface area contributed by atoms with Gasteiger partial charge >= 0.3 is 0 Å². The molecule has 13 heteroatoms. The number of nitrogens with two attached hydrogens (primary N) is 1. The summed E-state index contributed by atoms with van der Waals surface area (Å²) in [6.07, 6.45) is -0.769. The Bertz CT molecular complexity index is 1290. The zero-order valence-electron chi connectivity index (χ0n) is 19.8. The Hall–Kier alpha value is -3.81. The van der Waals surface area contributed by atoms with Gasteiger partial charge in [0.25, 0.3) is 5.91 Å². The van der Waals surface area contributed by atoms with Gasteiger partial charge < -0.3 is 41.5 Å². The maximum atomic E-state index is 15.1. The summed E-state index contributed by atoms with van der Waals surface area (Å²) >= 11 is 0. The third-order valence-electron chi connectivity index (χ3n) is 7.05. The van der Waals surface area contributed by atoms with E-state index in [9.17, 15) is 39.6 Å². The fraction of sp³-hybridized carbons (Fsp3) is 0.417. The quantitative estimate of drug-likeness (QED) is 0.143. The number of ketones is 2. The normalized spacial score (nSPS) is 24.9. The van der Waals surface area contributed by atoms with Crippen LogP contribution < -0.4 is 16.4 Å². The Morgan fingerprint density at radius 1 is 1.24 bits per heavy atom. The minimum atomic E-state index is -2.72. The summed E-state index contributed by atoms with van der Waals surface area (Å²) in [6.45, 7) is 0.519. The van der Waals surface area contributed by atoms with Crippen LogP contribution >= 0.6 is 0 Å². The third-order valence-corrected chi connectivity index (χ3v) is 7.05. The fourth-order valence-electron chi connectivity index (χ4n) is 5.31. The molecule has 198 valence electrons. The first-order chi connectivity index (χ1) is 17.4. The summed E-state index contributed by atoms with van der Waals surface area (Å²) in [5.74, 6) is -9.63. The number of ether oxygens (including phenoxy) is 1. The van der Waals surface area contributed by atoms with Crippen LogP contribution in [0.2, 0.25) is 0 Å². The number of phenols is 1. The van der Waals surface area contributed by atoms with E-state index in [1.165, 1.54) is 7.11 Å². The summed E-state index contributed by atoms with van der Waals surface area (Å²) in [5.41, 5.74) is 0.189. The molecule has 1 unspecified atom stereocenters. The first-order valence-corrected chi connectivity index (χ1v) is 11.4. The second kappa shape index (κ2) is 9.57. The maximum Gasteiger partial charge on any atom is 0.255 e. The van der Waals surface area contributed by atoms with Crippen molar-refractivity contribution in [1.29, 1.82) is 0 Å². The van der Waals surface area contributed by atoms with Crippen molar-refractivity contribution in [3.8, 4) is 5.75 Å². The largest absolute Gasteiger partial charge is 0.508 e. The van der Waals surface area contributed by atoms with Gasteiger partial charge in [0.15, 0.2) is 17.1 Å². The van der Waals surface area contributed by atoms with Crippen LogP contribution in [0.5, 0.6) is 5.75 Å². The molecular weight excluding hydrogens is 493 g/mol. The monoisotopic (exact) mass is 519 g/mol. The van der Waals surface area contributed by atoms with Crippen LogP contribution in [-0.4, -0.2) is 76.2 Å². The van der Waals surface area contributed by atoms with Gasteiger partial charge in [-0.15, -0.1) is 0 Å². The number of benzene rings is 1. The first-order valence-electron chi connectivity index (χ1n) is 11.4. The van der Waals surface area contributed by atoms with E-state index in [1.807, 2.05) is 0 Å². The number of rotatable bonds is 7. The van der Waals surface area contributed by atoms with Crippen molar-refractivity contribution in [2.24, 2.45) is 17.6 Å². The number of phenolic OH excluding ortho intramolecular Hbond substituents is 1. The van der Waals surface area contributed by atoms with Crippen LogP contribution in [0.25, 0.3) is 5.76 Å². The van der Waals surface area contributed by atoms with Crippen LogP contribution in [0.4, 0.5) is 10.1 Å². The number of primary amides is 1. The predicted octanol–water partition coefficient (Wildman–Crippen LogP) is -0.262. The summed E-state index contributed by atoms with van der Waals surface area (Å²) in [7, 11) is 1.49. The van der Waals surface area contributed by atoms with Crippen LogP contribution in [-0.2, 0) is 30.3 Å². The number of hydrogen-bond donors (Lipinski definition) is 7. The molecular formula is C24H26FN3O9. The number of methoxy groups -OCH3 is 1. The Labute approximate surface area is 209 Å². The lowest BCUT2D eigenvalue weighted by Gasteiger charge is -2.46. The molecule has 1 aromatic carbocycles. The summed E-state index contributed by atoms with van der Waals surface area (Å²) in [4.78, 5) is 49.7. The minimum absolute atomic E-state index is 0.116. The minimum Gasteiger partial charge on any atom is -0.508 e. The SMILES string of the molecule is COCCNCC(=O)Nc1cc(F)c2c(c1O)C(O)=C1C(=O)[C@]3(O)C(O)=C(C(N)=O)C(=O)C[C@@H]3CC1C2. The molecule has 37 heavy (non-hydrogen) atoms. The molecule has 12 nitrogen and oxygen atoms in total. The van der Waals surface area contributed by atoms with Crippen LogP contribution in [0, 0.1) is 17.7 Å². The average Bonchev–Trinajstić information content (AvgIpc) is 2.82. The van der Waals surface area contributed by atoms with Gasteiger partial charge in [0.05, 0.1) is 24.4 Å². The van der Waals surface area contributed by atoms with Crippen molar-refractivity contribution in [2.75, 3.05) is 32.1 Å². The van der Waals surface area contributed by atoms with Crippen LogP contribution in [0.1, 0.15) is 24.0 Å². The number of halogens is 1. The van der Waals surface area contributed by atoms with E-state index >= 15 is 4.39 Å². The smallest absolute Gasteiger partial charge is 0.255 e. The van der Waals surface area contributed by atoms with Crippen molar-refractivity contribution >= 4 is 34.8 Å². The van der Waals surface area contributed by atoms with E-state index in [0.29, 0.717) is 13.2 Å². The molecule has 0 spiro atoms. The van der Waals surface area contributed by atoms with E-state index in [2.05, 4.69) is 10.6 Å². The Balaban J connectivity index is 1.75. The summed E-state index contributed by atoms with van der Waals surface area (Å²) in [5, 5.41) is 48.7. The molecule has 0 aliphatic heterocycles. The number of aliphatic hydroxyl groups is 3. The number of nitrogens with one attached hydrogen (secondary N) is 2. The van der Waals surface area contributed by atoms with Gasteiger partial charge in [-0.2, -0.15) is 0 Å². The van der Waals surface area contributed by atoms with Gasteiger partial charge in [0, 0.05) is 43.2 Å². The van der Waals surface area contributed by atoms with Crippen molar-refractivity contribution < 1.29 is 48.7 Å². The highest BCUT2D eigenvalue weighted by atomic mass is 19.1. The van der Waals surface area contributed by atoms with Gasteiger partial charge in [-0.1, -0.05) is 0 Å². The van der Waals surface area contributed by atoms with Gasteiger partial charge in [-0.3, -0.25) is 19.2 Å². The zero-order chi connectivity index (χ0) is 27.2. The molecule has 0 heterocycles. The predicted molar refractivity (Wildman–Crippen MR) is 125 cm³/mol. The number of fused-ring (bicyclic) bond motifs is 3. The number of anilines is 1. The molecule has 4 rings (SSSR count). The highest BCUT2D eigenvalue weighted by Gasteiger charge is 2.60. The zero-order valence-corrected chi connectivity index (χ0v) is 19.8. The highest BCUT2D eigenvalue weighted by Crippen LogP contribution is 2.52. The van der Waals surface area contributed by atoms with Crippen molar-refractivity contribution in [1.82, 2.24) is 5.32 Å². The lowest BCUT2D eigenvalue weighted by atomic mass is 9.59. The molecule has 3 atom stereocenters. The number of Topliss-reactive ketones (excluding diaryl/α,β-unsaturated/α-hetero) is 2. The molecule has 3 aliphatic rings. The maximum absolute atomic E-state index is 15.1. The standard InChI is InChI=1S/C24H26FN3O9/c1-37-3-2-27-8-15(30)28-13-7-12(25)11-5-9-4-10-6-14(29)18(23(26)35)22(34)24(10,36)21(33)16(9)20(32)17(11)19(13)31/h7,9-10,27,31-32,34,36H,2-6,8H2,1H3,(H2,26,35)(H,28,30)/t9?,10-,24-/m0/s1. The van der Waals surface area contributed by atoms with E-state index < -0.39 is 87.0 Å². The Kier molecular flexibility index (Phi) is 6.79. The molecule has 3 aliphatic carbocycles. The molecule has 1 aromatic rings. The van der Waals surface area contributed by atoms with Crippen molar-refractivity contribution in [2.45, 2.75) is 24.9 Å². The number of aromatic hydroxyl groups is 1.